The number of hydrogen-bond acceptors (Lipinski definition) is 1. The smallest absolute Gasteiger partial charge is 0.0516 e. The zero-order valence-corrected chi connectivity index (χ0v) is 15.1. The summed E-state index contributed by atoms with van der Waals surface area (Å²) in [6.07, 6.45) is 5.29. The number of aryl methyl sites for hydroxylation is 2. The molecule has 0 radical (unpaired) electrons. The Hall–Kier alpha value is -0.500. The van der Waals surface area contributed by atoms with Gasteiger partial charge >= 0.3 is 0 Å². The van der Waals surface area contributed by atoms with E-state index in [1.165, 1.54) is 47.0 Å². The normalized spacial score (nSPS) is 23.7. The average Bonchev–Trinajstić information content (AvgIpc) is 2.33. The molecule has 1 N–H and O–H groups in total. The molecule has 0 amide bonds. The van der Waals surface area contributed by atoms with Crippen LogP contribution in [0.2, 0.25) is 0 Å². The van der Waals surface area contributed by atoms with Crippen molar-refractivity contribution in [1.82, 2.24) is 0 Å². The van der Waals surface area contributed by atoms with Gasteiger partial charge in [-0.15, -0.1) is 0 Å². The van der Waals surface area contributed by atoms with Gasteiger partial charge in [0.05, 0.1) is 5.69 Å². The lowest BCUT2D eigenvalue weighted by Crippen LogP contribution is -2.31. The quantitative estimate of drug-likeness (QED) is 0.689. The summed E-state index contributed by atoms with van der Waals surface area (Å²) in [5, 5.41) is 3.77. The number of anilines is 1. The van der Waals surface area contributed by atoms with Crippen molar-refractivity contribution in [1.29, 1.82) is 0 Å². The Balaban J connectivity index is 2.00. The molecule has 0 spiro atoms. The van der Waals surface area contributed by atoms with Crippen molar-refractivity contribution in [3.63, 3.8) is 0 Å². The van der Waals surface area contributed by atoms with Crippen LogP contribution in [0.15, 0.2) is 16.6 Å². The second kappa shape index (κ2) is 6.09. The van der Waals surface area contributed by atoms with Crippen molar-refractivity contribution < 1.29 is 0 Å². The van der Waals surface area contributed by atoms with Crippen molar-refractivity contribution in [2.45, 2.75) is 66.3 Å². The first-order valence-corrected chi connectivity index (χ1v) is 8.60. The second-order valence-electron chi connectivity index (χ2n) is 7.50. The number of halogens is 1. The van der Waals surface area contributed by atoms with Crippen LogP contribution in [-0.2, 0) is 0 Å². The molecular formula is C18H28BrN. The van der Waals surface area contributed by atoms with E-state index in [1.807, 2.05) is 0 Å². The molecule has 2 heteroatoms. The van der Waals surface area contributed by atoms with Gasteiger partial charge in [0.1, 0.15) is 0 Å². The molecule has 20 heavy (non-hydrogen) atoms. The van der Waals surface area contributed by atoms with Crippen LogP contribution < -0.4 is 5.32 Å². The molecule has 0 unspecified atom stereocenters. The molecule has 0 saturated heterocycles. The van der Waals surface area contributed by atoms with E-state index >= 15 is 0 Å². The Kier molecular flexibility index (Phi) is 4.84. The maximum Gasteiger partial charge on any atom is 0.0516 e. The van der Waals surface area contributed by atoms with Crippen LogP contribution in [0.4, 0.5) is 5.69 Å². The average molecular weight is 338 g/mol. The largest absolute Gasteiger partial charge is 0.381 e. The Labute approximate surface area is 132 Å². The maximum atomic E-state index is 3.77. The highest BCUT2D eigenvalue weighted by atomic mass is 79.9. The van der Waals surface area contributed by atoms with E-state index < -0.39 is 0 Å². The van der Waals surface area contributed by atoms with E-state index in [0.717, 1.165) is 5.92 Å². The number of nitrogens with one attached hydrogen (secondary N) is 1. The van der Waals surface area contributed by atoms with Gasteiger partial charge in [-0.05, 0) is 84.0 Å². The van der Waals surface area contributed by atoms with Crippen molar-refractivity contribution >= 4 is 21.6 Å². The van der Waals surface area contributed by atoms with E-state index in [9.17, 15) is 0 Å². The third-order valence-electron chi connectivity index (χ3n) is 4.73. The first-order valence-electron chi connectivity index (χ1n) is 7.80. The lowest BCUT2D eigenvalue weighted by molar-refractivity contribution is 0.173. The third kappa shape index (κ3) is 3.78. The van der Waals surface area contributed by atoms with Crippen molar-refractivity contribution in [3.05, 3.63) is 27.7 Å². The van der Waals surface area contributed by atoms with Gasteiger partial charge in [0.2, 0.25) is 0 Å². The molecule has 1 aliphatic carbocycles. The minimum Gasteiger partial charge on any atom is -0.381 e. The zero-order chi connectivity index (χ0) is 14.9. The molecule has 1 aromatic carbocycles. The van der Waals surface area contributed by atoms with Crippen molar-refractivity contribution in [3.8, 4) is 0 Å². The lowest BCUT2D eigenvalue weighted by Gasteiger charge is -2.37. The highest BCUT2D eigenvalue weighted by molar-refractivity contribution is 9.10. The Morgan fingerprint density at radius 1 is 1.05 bits per heavy atom. The standard InChI is InChI=1S/C18H28BrN/c1-12-10-13(2)17(16(19)11-12)20-15-8-6-14(7-9-15)18(3,4)5/h10-11,14-15,20H,6-9H2,1-5H3. The van der Waals surface area contributed by atoms with E-state index in [4.69, 9.17) is 0 Å². The van der Waals surface area contributed by atoms with Crippen LogP contribution in [0, 0.1) is 25.2 Å². The first-order chi connectivity index (χ1) is 9.27. The van der Waals surface area contributed by atoms with Gasteiger partial charge in [-0.25, -0.2) is 0 Å². The molecule has 1 saturated carbocycles. The van der Waals surface area contributed by atoms with Crippen LogP contribution in [0.5, 0.6) is 0 Å². The third-order valence-corrected chi connectivity index (χ3v) is 5.36. The van der Waals surface area contributed by atoms with Crippen molar-refractivity contribution in [2.75, 3.05) is 5.32 Å². The van der Waals surface area contributed by atoms with E-state index in [0.29, 0.717) is 11.5 Å². The first kappa shape index (κ1) is 15.9. The van der Waals surface area contributed by atoms with Crippen LogP contribution >= 0.6 is 15.9 Å². The van der Waals surface area contributed by atoms with Gasteiger partial charge in [0.25, 0.3) is 0 Å². The van der Waals surface area contributed by atoms with Crippen LogP contribution in [-0.4, -0.2) is 6.04 Å². The van der Waals surface area contributed by atoms with Gasteiger partial charge in [0, 0.05) is 10.5 Å². The number of rotatable bonds is 2. The van der Waals surface area contributed by atoms with Gasteiger partial charge in [-0.1, -0.05) is 26.8 Å². The molecule has 1 aromatic rings. The summed E-state index contributed by atoms with van der Waals surface area (Å²) in [5.74, 6) is 0.878. The minimum absolute atomic E-state index is 0.464. The molecule has 1 aliphatic rings. The van der Waals surface area contributed by atoms with Crippen LogP contribution in [0.3, 0.4) is 0 Å². The van der Waals surface area contributed by atoms with Gasteiger partial charge < -0.3 is 5.32 Å². The zero-order valence-electron chi connectivity index (χ0n) is 13.5. The highest BCUT2D eigenvalue weighted by Crippen LogP contribution is 2.39. The summed E-state index contributed by atoms with van der Waals surface area (Å²) in [5.41, 5.74) is 4.41. The van der Waals surface area contributed by atoms with Crippen molar-refractivity contribution in [2.24, 2.45) is 11.3 Å². The summed E-state index contributed by atoms with van der Waals surface area (Å²) in [6.45, 7) is 11.5. The molecule has 0 bridgehead atoms. The summed E-state index contributed by atoms with van der Waals surface area (Å²) < 4.78 is 1.20. The van der Waals surface area contributed by atoms with E-state index in [2.05, 4.69) is 68.0 Å². The topological polar surface area (TPSA) is 12.0 Å². The highest BCUT2D eigenvalue weighted by Gasteiger charge is 2.29. The molecule has 0 heterocycles. The van der Waals surface area contributed by atoms with Crippen LogP contribution in [0.25, 0.3) is 0 Å². The molecule has 2 rings (SSSR count). The molecule has 1 fully saturated rings. The molecule has 0 atom stereocenters. The number of benzene rings is 1. The predicted octanol–water partition coefficient (Wildman–Crippen LogP) is 6.08. The molecular weight excluding hydrogens is 310 g/mol. The van der Waals surface area contributed by atoms with E-state index in [1.54, 1.807) is 0 Å². The van der Waals surface area contributed by atoms with Crippen LogP contribution in [0.1, 0.15) is 57.6 Å². The minimum atomic E-state index is 0.464. The molecule has 0 aliphatic heterocycles. The fourth-order valence-electron chi connectivity index (χ4n) is 3.41. The predicted molar refractivity (Wildman–Crippen MR) is 92.4 cm³/mol. The van der Waals surface area contributed by atoms with E-state index in [-0.39, 0.29) is 0 Å². The molecule has 112 valence electrons. The monoisotopic (exact) mass is 337 g/mol. The summed E-state index contributed by atoms with van der Waals surface area (Å²) in [4.78, 5) is 0. The number of hydrogen-bond donors (Lipinski definition) is 1. The SMILES string of the molecule is Cc1cc(C)c(NC2CCC(C(C)(C)C)CC2)c(Br)c1. The van der Waals surface area contributed by atoms with Gasteiger partial charge in [-0.2, -0.15) is 0 Å². The fraction of sp³-hybridized carbons (Fsp3) is 0.667. The Morgan fingerprint density at radius 2 is 1.65 bits per heavy atom. The van der Waals surface area contributed by atoms with Gasteiger partial charge in [0.15, 0.2) is 0 Å². The Bertz CT molecular complexity index is 442. The fourth-order valence-corrected chi connectivity index (χ4v) is 4.19. The molecule has 1 nitrogen and oxygen atoms in total. The molecule has 0 aromatic heterocycles. The second-order valence-corrected chi connectivity index (χ2v) is 8.35. The Morgan fingerprint density at radius 3 is 2.15 bits per heavy atom. The summed E-state index contributed by atoms with van der Waals surface area (Å²) in [7, 11) is 0. The summed E-state index contributed by atoms with van der Waals surface area (Å²) in [6, 6.07) is 5.09. The lowest BCUT2D eigenvalue weighted by atomic mass is 9.71. The summed E-state index contributed by atoms with van der Waals surface area (Å²) >= 11 is 3.71. The van der Waals surface area contributed by atoms with Gasteiger partial charge in [-0.3, -0.25) is 0 Å². The maximum absolute atomic E-state index is 3.77.